The molecule has 1 saturated heterocycles. The molecule has 0 aromatic carbocycles. The first-order valence-electron chi connectivity index (χ1n) is 8.24. The van der Waals surface area contributed by atoms with Crippen LogP contribution in [0.1, 0.15) is 63.9 Å². The van der Waals surface area contributed by atoms with Gasteiger partial charge in [-0.15, -0.1) is 0 Å². The highest BCUT2D eigenvalue weighted by molar-refractivity contribution is 5.89. The van der Waals surface area contributed by atoms with Crippen LogP contribution in [0.25, 0.3) is 0 Å². The predicted octanol–water partition coefficient (Wildman–Crippen LogP) is 2.35. The van der Waals surface area contributed by atoms with Crippen LogP contribution in [0, 0.1) is 0 Å². The Balaban J connectivity index is 1.89. The molecule has 1 atom stereocenters. The number of imidazole rings is 1. The van der Waals surface area contributed by atoms with Crippen LogP contribution in [0.3, 0.4) is 0 Å². The van der Waals surface area contributed by atoms with E-state index in [2.05, 4.69) is 17.2 Å². The first-order chi connectivity index (χ1) is 10.2. The smallest absolute Gasteiger partial charge is 0.244 e. The second kappa shape index (κ2) is 5.79. The summed E-state index contributed by atoms with van der Waals surface area (Å²) in [6.45, 7) is 2.99. The van der Waals surface area contributed by atoms with Crippen LogP contribution in [0.2, 0.25) is 0 Å². The lowest BCUT2D eigenvalue weighted by molar-refractivity contribution is -0.134. The number of carbonyl (C=O) groups is 1. The third-order valence-corrected chi connectivity index (χ3v) is 4.96. The van der Waals surface area contributed by atoms with Crippen molar-refractivity contribution in [2.24, 2.45) is 7.05 Å². The van der Waals surface area contributed by atoms with Crippen molar-refractivity contribution in [1.82, 2.24) is 19.8 Å². The maximum atomic E-state index is 13.0. The molecule has 2 aliphatic rings. The molecule has 1 aromatic heterocycles. The summed E-state index contributed by atoms with van der Waals surface area (Å²) in [5.74, 6) is 1.24. The summed E-state index contributed by atoms with van der Waals surface area (Å²) in [5.41, 5.74) is -0.331. The van der Waals surface area contributed by atoms with Crippen LogP contribution in [-0.2, 0) is 11.8 Å². The first-order valence-corrected chi connectivity index (χ1v) is 8.24. The fourth-order valence-corrected chi connectivity index (χ4v) is 3.71. The molecule has 5 nitrogen and oxygen atoms in total. The Bertz CT molecular complexity index is 504. The number of amides is 1. The Hall–Kier alpha value is -1.36. The Morgan fingerprint density at radius 3 is 2.76 bits per heavy atom. The molecule has 1 N–H and O–H groups in total. The van der Waals surface area contributed by atoms with E-state index in [9.17, 15) is 4.79 Å². The molecule has 0 unspecified atom stereocenters. The van der Waals surface area contributed by atoms with Gasteiger partial charge in [-0.2, -0.15) is 0 Å². The third kappa shape index (κ3) is 2.48. The van der Waals surface area contributed by atoms with Gasteiger partial charge in [0, 0.05) is 26.0 Å². The average Bonchev–Trinajstić information content (AvgIpc) is 3.02. The zero-order chi connectivity index (χ0) is 14.9. The van der Waals surface area contributed by atoms with Gasteiger partial charge >= 0.3 is 0 Å². The molecule has 0 radical (unpaired) electrons. The average molecular weight is 290 g/mol. The molecule has 1 spiro atoms. The summed E-state index contributed by atoms with van der Waals surface area (Å²) in [6.07, 6.45) is 11.3. The Morgan fingerprint density at radius 1 is 1.38 bits per heavy atom. The summed E-state index contributed by atoms with van der Waals surface area (Å²) in [5, 5.41) is 3.65. The summed E-state index contributed by atoms with van der Waals surface area (Å²) in [6, 6.07) is 0. The molecule has 5 heteroatoms. The maximum Gasteiger partial charge on any atom is 0.244 e. The van der Waals surface area contributed by atoms with Gasteiger partial charge in [0.25, 0.3) is 0 Å². The number of nitrogens with zero attached hydrogens (tertiary/aromatic N) is 3. The summed E-state index contributed by atoms with van der Waals surface area (Å²) >= 11 is 0. The van der Waals surface area contributed by atoms with E-state index in [-0.39, 0.29) is 11.7 Å². The number of nitrogens with one attached hydrogen (secondary N) is 1. The monoisotopic (exact) mass is 290 g/mol. The predicted molar refractivity (Wildman–Crippen MR) is 81.5 cm³/mol. The van der Waals surface area contributed by atoms with Gasteiger partial charge in [0.05, 0.1) is 5.54 Å². The van der Waals surface area contributed by atoms with Gasteiger partial charge in [-0.1, -0.05) is 32.6 Å². The van der Waals surface area contributed by atoms with Crippen LogP contribution < -0.4 is 5.32 Å². The van der Waals surface area contributed by atoms with E-state index in [0.717, 1.165) is 50.9 Å². The number of aryl methyl sites for hydroxylation is 1. The van der Waals surface area contributed by atoms with Gasteiger partial charge in [0.1, 0.15) is 12.0 Å². The van der Waals surface area contributed by atoms with Crippen molar-refractivity contribution in [2.75, 3.05) is 6.54 Å². The van der Waals surface area contributed by atoms with Gasteiger partial charge in [0.15, 0.2) is 0 Å². The molecule has 3 rings (SSSR count). The summed E-state index contributed by atoms with van der Waals surface area (Å²) < 4.78 is 2.02. The molecule has 116 valence electrons. The second-order valence-electron chi connectivity index (χ2n) is 6.44. The van der Waals surface area contributed by atoms with Gasteiger partial charge < -0.3 is 9.47 Å². The molecule has 1 aliphatic carbocycles. The van der Waals surface area contributed by atoms with E-state index in [1.807, 2.05) is 28.9 Å². The fraction of sp³-hybridized carbons (Fsp3) is 0.750. The molecule has 21 heavy (non-hydrogen) atoms. The Labute approximate surface area is 126 Å². The summed E-state index contributed by atoms with van der Waals surface area (Å²) in [4.78, 5) is 19.5. The third-order valence-electron chi connectivity index (χ3n) is 4.96. The lowest BCUT2D eigenvalue weighted by Crippen LogP contribution is -2.48. The van der Waals surface area contributed by atoms with E-state index in [1.54, 1.807) is 0 Å². The van der Waals surface area contributed by atoms with Gasteiger partial charge in [-0.05, 0) is 19.3 Å². The minimum absolute atomic E-state index is 0.0675. The first kappa shape index (κ1) is 14.6. The Morgan fingerprint density at radius 2 is 2.14 bits per heavy atom. The molecule has 1 saturated carbocycles. The lowest BCUT2D eigenvalue weighted by atomic mass is 9.81. The van der Waals surface area contributed by atoms with Crippen molar-refractivity contribution in [1.29, 1.82) is 0 Å². The highest BCUT2D eigenvalue weighted by Crippen LogP contribution is 2.39. The van der Waals surface area contributed by atoms with Crippen molar-refractivity contribution >= 4 is 5.91 Å². The minimum atomic E-state index is -0.331. The van der Waals surface area contributed by atoms with Crippen LogP contribution in [0.15, 0.2) is 12.4 Å². The quantitative estimate of drug-likeness (QED) is 0.926. The van der Waals surface area contributed by atoms with Crippen LogP contribution in [0.5, 0.6) is 0 Å². The molecule has 2 heterocycles. The number of carbonyl (C=O) groups excluding carboxylic acids is 1. The number of hydrogen-bond donors (Lipinski definition) is 1. The van der Waals surface area contributed by atoms with Crippen LogP contribution >= 0.6 is 0 Å². The van der Waals surface area contributed by atoms with Gasteiger partial charge in [-0.25, -0.2) is 4.98 Å². The number of aromatic nitrogens is 2. The van der Waals surface area contributed by atoms with Crippen molar-refractivity contribution in [3.05, 3.63) is 18.2 Å². The fourth-order valence-electron chi connectivity index (χ4n) is 3.71. The van der Waals surface area contributed by atoms with Crippen molar-refractivity contribution in [3.8, 4) is 0 Å². The minimum Gasteiger partial charge on any atom is -0.335 e. The number of hydrogen-bond acceptors (Lipinski definition) is 3. The maximum absolute atomic E-state index is 13.0. The van der Waals surface area contributed by atoms with Gasteiger partial charge in [-0.3, -0.25) is 10.1 Å². The van der Waals surface area contributed by atoms with E-state index >= 15 is 0 Å². The van der Waals surface area contributed by atoms with Crippen molar-refractivity contribution < 1.29 is 4.79 Å². The van der Waals surface area contributed by atoms with Crippen molar-refractivity contribution in [3.63, 3.8) is 0 Å². The number of unbranched alkanes of at least 4 members (excludes halogenated alkanes) is 1. The summed E-state index contributed by atoms with van der Waals surface area (Å²) in [7, 11) is 2.00. The molecular weight excluding hydrogens is 264 g/mol. The van der Waals surface area contributed by atoms with E-state index in [0.29, 0.717) is 5.91 Å². The topological polar surface area (TPSA) is 50.2 Å². The van der Waals surface area contributed by atoms with E-state index in [4.69, 9.17) is 0 Å². The molecular formula is C16H26N4O. The zero-order valence-electron chi connectivity index (χ0n) is 13.1. The van der Waals surface area contributed by atoms with Crippen LogP contribution in [-0.4, -0.2) is 32.4 Å². The number of rotatable bonds is 4. The van der Waals surface area contributed by atoms with E-state index in [1.165, 1.54) is 6.42 Å². The highest BCUT2D eigenvalue weighted by atomic mass is 16.2. The van der Waals surface area contributed by atoms with Crippen molar-refractivity contribution in [2.45, 2.75) is 63.6 Å². The van der Waals surface area contributed by atoms with Gasteiger partial charge in [0.2, 0.25) is 5.91 Å². The SMILES string of the molecule is CCCCN1C(=O)C2(CCCCC2)N[C@H]1c1nccn1C. The second-order valence-corrected chi connectivity index (χ2v) is 6.44. The zero-order valence-corrected chi connectivity index (χ0v) is 13.1. The molecule has 1 aliphatic heterocycles. The van der Waals surface area contributed by atoms with Crippen LogP contribution in [0.4, 0.5) is 0 Å². The van der Waals surface area contributed by atoms with E-state index < -0.39 is 0 Å². The lowest BCUT2D eigenvalue weighted by Gasteiger charge is -2.31. The molecule has 0 bridgehead atoms. The largest absolute Gasteiger partial charge is 0.335 e. The standard InChI is InChI=1S/C16H26N4O/c1-3-4-11-20-14(13-17-10-12-19(13)2)18-16(15(20)21)8-6-5-7-9-16/h10,12,14,18H,3-9,11H2,1-2H3/t14-/m1/s1. The normalized spacial score (nSPS) is 25.0. The highest BCUT2D eigenvalue weighted by Gasteiger charge is 2.52. The molecule has 2 fully saturated rings. The Kier molecular flexibility index (Phi) is 4.02. The molecule has 1 aromatic rings. The molecule has 1 amide bonds.